The maximum absolute atomic E-state index is 11.5. The lowest BCUT2D eigenvalue weighted by atomic mass is 10.1. The van der Waals surface area contributed by atoms with Crippen molar-refractivity contribution in [3.63, 3.8) is 0 Å². The fourth-order valence-electron chi connectivity index (χ4n) is 2.50. The van der Waals surface area contributed by atoms with Gasteiger partial charge in [-0.25, -0.2) is 4.98 Å². The predicted molar refractivity (Wildman–Crippen MR) is 78.0 cm³/mol. The Kier molecular flexibility index (Phi) is 3.53. The van der Waals surface area contributed by atoms with Crippen LogP contribution in [0, 0.1) is 3.57 Å². The van der Waals surface area contributed by atoms with E-state index in [4.69, 9.17) is 0 Å². The number of nitrogens with one attached hydrogen (secondary N) is 2. The van der Waals surface area contributed by atoms with Gasteiger partial charge in [-0.3, -0.25) is 9.69 Å². The second kappa shape index (κ2) is 5.14. The van der Waals surface area contributed by atoms with Gasteiger partial charge in [0.25, 0.3) is 5.56 Å². The average molecular weight is 361 g/mol. The molecule has 0 saturated carbocycles. The molecule has 2 N–H and O–H groups in total. The van der Waals surface area contributed by atoms with E-state index in [2.05, 4.69) is 47.7 Å². The molecule has 0 aromatic carbocycles. The molecular formula is C11H16IN5O. The average Bonchev–Trinajstić information content (AvgIpc) is 2.34. The van der Waals surface area contributed by atoms with Gasteiger partial charge in [-0.05, 0) is 22.6 Å². The second-order valence-electron chi connectivity index (χ2n) is 4.71. The Morgan fingerprint density at radius 2 is 2.06 bits per heavy atom. The van der Waals surface area contributed by atoms with Crippen LogP contribution in [0.2, 0.25) is 0 Å². The van der Waals surface area contributed by atoms with E-state index in [1.165, 1.54) is 6.33 Å². The van der Waals surface area contributed by atoms with Crippen LogP contribution in [-0.2, 0) is 0 Å². The molecule has 0 bridgehead atoms. The second-order valence-corrected chi connectivity index (χ2v) is 5.79. The van der Waals surface area contributed by atoms with Gasteiger partial charge in [0.2, 0.25) is 0 Å². The van der Waals surface area contributed by atoms with Crippen LogP contribution in [0.5, 0.6) is 0 Å². The first-order chi connectivity index (χ1) is 8.75. The van der Waals surface area contributed by atoms with Crippen LogP contribution in [0.15, 0.2) is 11.1 Å². The van der Waals surface area contributed by atoms with Crippen molar-refractivity contribution in [1.29, 1.82) is 0 Å². The zero-order chi connectivity index (χ0) is 12.5. The number of hydrogen-bond acceptors (Lipinski definition) is 5. The van der Waals surface area contributed by atoms with Crippen molar-refractivity contribution >= 4 is 28.4 Å². The molecule has 2 fully saturated rings. The summed E-state index contributed by atoms with van der Waals surface area (Å²) in [4.78, 5) is 23.1. The summed E-state index contributed by atoms with van der Waals surface area (Å²) in [5.74, 6) is 0.825. The van der Waals surface area contributed by atoms with Crippen molar-refractivity contribution < 1.29 is 0 Å². The lowest BCUT2D eigenvalue weighted by Gasteiger charge is -2.47. The maximum atomic E-state index is 11.5. The quantitative estimate of drug-likeness (QED) is 0.694. The Bertz CT molecular complexity index is 479. The lowest BCUT2D eigenvalue weighted by Crippen LogP contribution is -2.63. The lowest BCUT2D eigenvalue weighted by molar-refractivity contribution is 0.147. The number of rotatable bonds is 2. The largest absolute Gasteiger partial charge is 0.352 e. The van der Waals surface area contributed by atoms with Crippen LogP contribution in [0.25, 0.3) is 0 Å². The highest BCUT2D eigenvalue weighted by Crippen LogP contribution is 2.24. The van der Waals surface area contributed by atoms with Crippen LogP contribution >= 0.6 is 22.6 Å². The summed E-state index contributed by atoms with van der Waals surface area (Å²) in [5, 5.41) is 3.36. The van der Waals surface area contributed by atoms with E-state index in [1.54, 1.807) is 0 Å². The summed E-state index contributed by atoms with van der Waals surface area (Å²) in [5.41, 5.74) is -0.0498. The molecular weight excluding hydrogens is 345 g/mol. The Morgan fingerprint density at radius 1 is 1.33 bits per heavy atom. The molecule has 0 unspecified atom stereocenters. The first kappa shape index (κ1) is 12.4. The molecule has 7 heteroatoms. The third kappa shape index (κ3) is 2.26. The number of anilines is 1. The van der Waals surface area contributed by atoms with Crippen LogP contribution in [0.1, 0.15) is 0 Å². The molecule has 6 nitrogen and oxygen atoms in total. The first-order valence-electron chi connectivity index (χ1n) is 6.18. The maximum Gasteiger partial charge on any atom is 0.266 e. The summed E-state index contributed by atoms with van der Waals surface area (Å²) >= 11 is 2.07. The van der Waals surface area contributed by atoms with E-state index in [0.717, 1.165) is 45.1 Å². The SMILES string of the molecule is O=c1[nH]cnc(N2CC(N3CCNCC3)C2)c1I. The van der Waals surface area contributed by atoms with Gasteiger partial charge in [0, 0.05) is 45.3 Å². The molecule has 0 atom stereocenters. The Balaban J connectivity index is 1.64. The van der Waals surface area contributed by atoms with Crippen LogP contribution in [0.4, 0.5) is 5.82 Å². The summed E-state index contributed by atoms with van der Waals surface area (Å²) in [6.07, 6.45) is 1.48. The third-order valence-corrected chi connectivity index (χ3v) is 4.58. The number of hydrogen-bond donors (Lipinski definition) is 2. The molecule has 2 aliphatic heterocycles. The molecule has 1 aromatic rings. The molecule has 18 heavy (non-hydrogen) atoms. The summed E-state index contributed by atoms with van der Waals surface area (Å²) in [6, 6.07) is 0.615. The zero-order valence-corrected chi connectivity index (χ0v) is 12.2. The van der Waals surface area contributed by atoms with Crippen LogP contribution < -0.4 is 15.8 Å². The molecule has 3 heterocycles. The van der Waals surface area contributed by atoms with Gasteiger partial charge in [-0.2, -0.15) is 0 Å². The number of piperazine rings is 1. The van der Waals surface area contributed by atoms with Crippen molar-refractivity contribution in [2.45, 2.75) is 6.04 Å². The minimum absolute atomic E-state index is 0.0498. The monoisotopic (exact) mass is 361 g/mol. The van der Waals surface area contributed by atoms with E-state index in [9.17, 15) is 4.79 Å². The van der Waals surface area contributed by atoms with Gasteiger partial charge in [-0.15, -0.1) is 0 Å². The third-order valence-electron chi connectivity index (χ3n) is 3.61. The molecule has 0 radical (unpaired) electrons. The number of H-pyrrole nitrogens is 1. The normalized spacial score (nSPS) is 21.9. The van der Waals surface area contributed by atoms with E-state index >= 15 is 0 Å². The van der Waals surface area contributed by atoms with Crippen LogP contribution in [-0.4, -0.2) is 60.2 Å². The molecule has 0 aliphatic carbocycles. The molecule has 3 rings (SSSR count). The summed E-state index contributed by atoms with van der Waals surface area (Å²) < 4.78 is 0.689. The summed E-state index contributed by atoms with van der Waals surface area (Å²) in [6.45, 7) is 6.37. The van der Waals surface area contributed by atoms with Crippen molar-refractivity contribution in [2.24, 2.45) is 0 Å². The van der Waals surface area contributed by atoms with E-state index in [0.29, 0.717) is 9.61 Å². The Hall–Kier alpha value is -0.670. The van der Waals surface area contributed by atoms with E-state index in [1.807, 2.05) is 0 Å². The molecule has 1 aromatic heterocycles. The van der Waals surface area contributed by atoms with Crippen LogP contribution in [0.3, 0.4) is 0 Å². The van der Waals surface area contributed by atoms with Gasteiger partial charge >= 0.3 is 0 Å². The highest BCUT2D eigenvalue weighted by molar-refractivity contribution is 14.1. The molecule has 2 aliphatic rings. The standard InChI is InChI=1S/C11H16IN5O/c12-9-10(14-7-15-11(9)18)17-5-8(6-17)16-3-1-13-2-4-16/h7-8,13H,1-6H2,(H,14,15,18). The van der Waals surface area contributed by atoms with Gasteiger partial charge in [0.05, 0.1) is 6.33 Å². The number of halogens is 1. The highest BCUT2D eigenvalue weighted by atomic mass is 127. The molecule has 2 saturated heterocycles. The van der Waals surface area contributed by atoms with Crippen molar-refractivity contribution in [2.75, 3.05) is 44.2 Å². The smallest absolute Gasteiger partial charge is 0.266 e. The van der Waals surface area contributed by atoms with E-state index in [-0.39, 0.29) is 5.56 Å². The summed E-state index contributed by atoms with van der Waals surface area (Å²) in [7, 11) is 0. The minimum atomic E-state index is -0.0498. The van der Waals surface area contributed by atoms with Gasteiger partial charge in [0.15, 0.2) is 0 Å². The molecule has 98 valence electrons. The zero-order valence-electron chi connectivity index (χ0n) is 10.0. The van der Waals surface area contributed by atoms with Gasteiger partial charge in [0.1, 0.15) is 9.39 Å². The van der Waals surface area contributed by atoms with Crippen molar-refractivity contribution in [3.8, 4) is 0 Å². The predicted octanol–water partition coefficient (Wildman–Crippen LogP) is -0.532. The van der Waals surface area contributed by atoms with Crippen molar-refractivity contribution in [1.82, 2.24) is 20.2 Å². The molecule has 0 spiro atoms. The van der Waals surface area contributed by atoms with Gasteiger partial charge in [-0.1, -0.05) is 0 Å². The topological polar surface area (TPSA) is 64.3 Å². The first-order valence-corrected chi connectivity index (χ1v) is 7.26. The van der Waals surface area contributed by atoms with Crippen molar-refractivity contribution in [3.05, 3.63) is 20.3 Å². The fraction of sp³-hybridized carbons (Fsp3) is 0.636. The molecule has 0 amide bonds. The van der Waals surface area contributed by atoms with E-state index < -0.39 is 0 Å². The number of aromatic amines is 1. The Labute approximate surface area is 119 Å². The minimum Gasteiger partial charge on any atom is -0.352 e. The number of nitrogens with zero attached hydrogens (tertiary/aromatic N) is 3. The Morgan fingerprint density at radius 3 is 2.78 bits per heavy atom. The van der Waals surface area contributed by atoms with Gasteiger partial charge < -0.3 is 15.2 Å². The highest BCUT2D eigenvalue weighted by Gasteiger charge is 2.34. The number of aromatic nitrogens is 2. The fourth-order valence-corrected chi connectivity index (χ4v) is 3.14.